The van der Waals surface area contributed by atoms with Gasteiger partial charge in [0.1, 0.15) is 13.1 Å². The van der Waals surface area contributed by atoms with E-state index in [4.69, 9.17) is 0 Å². The van der Waals surface area contributed by atoms with Gasteiger partial charge in [-0.1, -0.05) is 30.3 Å². The standard InChI is InChI=1S/C12H18N2/c13-7-9-14-8-6-12(10-14)11-4-2-1-3-5-11/h1-5,12H,6-10,13H2/p+2/t12-/m1/s1. The van der Waals surface area contributed by atoms with Gasteiger partial charge in [-0.3, -0.25) is 0 Å². The van der Waals surface area contributed by atoms with Gasteiger partial charge in [-0.2, -0.15) is 0 Å². The van der Waals surface area contributed by atoms with Crippen LogP contribution in [0.25, 0.3) is 0 Å². The molecule has 14 heavy (non-hydrogen) atoms. The van der Waals surface area contributed by atoms with E-state index in [2.05, 4.69) is 36.1 Å². The first-order chi connectivity index (χ1) is 6.90. The Bertz CT molecular complexity index is 271. The molecule has 2 atom stereocenters. The van der Waals surface area contributed by atoms with E-state index in [1.807, 2.05) is 0 Å². The number of quaternary nitrogens is 2. The molecule has 1 unspecified atom stereocenters. The predicted octanol–water partition coefficient (Wildman–Crippen LogP) is -0.699. The van der Waals surface area contributed by atoms with Crippen molar-refractivity contribution in [1.82, 2.24) is 0 Å². The van der Waals surface area contributed by atoms with E-state index in [0.29, 0.717) is 0 Å². The Labute approximate surface area is 85.7 Å². The summed E-state index contributed by atoms with van der Waals surface area (Å²) < 4.78 is 0. The molecule has 0 spiro atoms. The van der Waals surface area contributed by atoms with E-state index in [9.17, 15) is 0 Å². The Morgan fingerprint density at radius 1 is 1.29 bits per heavy atom. The largest absolute Gasteiger partial charge is 0.353 e. The quantitative estimate of drug-likeness (QED) is 0.635. The summed E-state index contributed by atoms with van der Waals surface area (Å²) in [5, 5.41) is 0. The van der Waals surface area contributed by atoms with Crippen molar-refractivity contribution in [3.8, 4) is 0 Å². The molecule has 1 aliphatic rings. The van der Waals surface area contributed by atoms with Crippen molar-refractivity contribution in [3.05, 3.63) is 35.9 Å². The van der Waals surface area contributed by atoms with E-state index in [1.165, 1.54) is 31.6 Å². The van der Waals surface area contributed by atoms with Crippen LogP contribution < -0.4 is 10.6 Å². The van der Waals surface area contributed by atoms with Crippen molar-refractivity contribution in [3.63, 3.8) is 0 Å². The molecule has 2 heteroatoms. The van der Waals surface area contributed by atoms with Crippen molar-refractivity contribution < 1.29 is 10.6 Å². The van der Waals surface area contributed by atoms with Gasteiger partial charge in [-0.05, 0) is 5.56 Å². The van der Waals surface area contributed by atoms with Gasteiger partial charge in [0.25, 0.3) is 0 Å². The van der Waals surface area contributed by atoms with Crippen LogP contribution >= 0.6 is 0 Å². The van der Waals surface area contributed by atoms with Gasteiger partial charge in [-0.25, -0.2) is 0 Å². The summed E-state index contributed by atoms with van der Waals surface area (Å²) in [5.41, 5.74) is 5.45. The average Bonchev–Trinajstić information content (AvgIpc) is 2.68. The highest BCUT2D eigenvalue weighted by molar-refractivity contribution is 5.19. The zero-order chi connectivity index (χ0) is 9.80. The van der Waals surface area contributed by atoms with Crippen LogP contribution in [0, 0.1) is 0 Å². The minimum atomic E-state index is 0.790. The molecule has 2 rings (SSSR count). The minimum absolute atomic E-state index is 0.790. The Kier molecular flexibility index (Phi) is 3.17. The summed E-state index contributed by atoms with van der Waals surface area (Å²) in [5.74, 6) is 0.790. The van der Waals surface area contributed by atoms with Crippen LogP contribution in [-0.4, -0.2) is 26.2 Å². The summed E-state index contributed by atoms with van der Waals surface area (Å²) in [4.78, 5) is 1.73. The summed E-state index contributed by atoms with van der Waals surface area (Å²) in [6, 6.07) is 10.9. The summed E-state index contributed by atoms with van der Waals surface area (Å²) in [7, 11) is 0. The van der Waals surface area contributed by atoms with Crippen molar-refractivity contribution in [2.24, 2.45) is 0 Å². The molecule has 0 aromatic heterocycles. The highest BCUT2D eigenvalue weighted by atomic mass is 15.1. The summed E-state index contributed by atoms with van der Waals surface area (Å²) in [6.07, 6.45) is 1.35. The molecule has 1 heterocycles. The van der Waals surface area contributed by atoms with Crippen LogP contribution in [0.15, 0.2) is 30.3 Å². The van der Waals surface area contributed by atoms with Crippen LogP contribution in [0.1, 0.15) is 17.9 Å². The zero-order valence-electron chi connectivity index (χ0n) is 8.71. The summed E-state index contributed by atoms with van der Waals surface area (Å²) >= 11 is 0. The fourth-order valence-corrected chi connectivity index (χ4v) is 2.42. The first-order valence-corrected chi connectivity index (χ1v) is 5.58. The van der Waals surface area contributed by atoms with Gasteiger partial charge >= 0.3 is 0 Å². The normalized spacial score (nSPS) is 26.6. The van der Waals surface area contributed by atoms with E-state index >= 15 is 0 Å². The lowest BCUT2D eigenvalue weighted by molar-refractivity contribution is -0.893. The van der Waals surface area contributed by atoms with E-state index in [0.717, 1.165) is 12.5 Å². The fourth-order valence-electron chi connectivity index (χ4n) is 2.42. The lowest BCUT2D eigenvalue weighted by Crippen LogP contribution is -3.11. The second-order valence-corrected chi connectivity index (χ2v) is 4.20. The third-order valence-corrected chi connectivity index (χ3v) is 3.18. The molecule has 0 aliphatic carbocycles. The van der Waals surface area contributed by atoms with Gasteiger partial charge in [0.15, 0.2) is 0 Å². The van der Waals surface area contributed by atoms with E-state index < -0.39 is 0 Å². The molecule has 1 fully saturated rings. The van der Waals surface area contributed by atoms with Gasteiger partial charge in [0.05, 0.1) is 13.1 Å². The number of likely N-dealkylation sites (tertiary alicyclic amines) is 1. The molecule has 2 nitrogen and oxygen atoms in total. The topological polar surface area (TPSA) is 32.1 Å². The molecule has 0 saturated carbocycles. The Morgan fingerprint density at radius 2 is 2.07 bits per heavy atom. The Morgan fingerprint density at radius 3 is 2.79 bits per heavy atom. The van der Waals surface area contributed by atoms with Crippen molar-refractivity contribution >= 4 is 0 Å². The molecular weight excluding hydrogens is 172 g/mol. The Balaban J connectivity index is 1.96. The number of benzene rings is 1. The molecule has 1 aromatic rings. The third kappa shape index (κ3) is 2.14. The first-order valence-electron chi connectivity index (χ1n) is 5.58. The van der Waals surface area contributed by atoms with Crippen LogP contribution in [0.4, 0.5) is 0 Å². The summed E-state index contributed by atoms with van der Waals surface area (Å²) in [6.45, 7) is 4.94. The lowest BCUT2D eigenvalue weighted by Gasteiger charge is -2.11. The van der Waals surface area contributed by atoms with Gasteiger partial charge in [-0.15, -0.1) is 0 Å². The zero-order valence-corrected chi connectivity index (χ0v) is 8.71. The van der Waals surface area contributed by atoms with Crippen molar-refractivity contribution in [2.45, 2.75) is 12.3 Å². The van der Waals surface area contributed by atoms with Gasteiger partial charge in [0, 0.05) is 12.3 Å². The minimum Gasteiger partial charge on any atom is -0.353 e. The van der Waals surface area contributed by atoms with E-state index in [-0.39, 0.29) is 0 Å². The predicted molar refractivity (Wildman–Crippen MR) is 57.1 cm³/mol. The second-order valence-electron chi connectivity index (χ2n) is 4.20. The second kappa shape index (κ2) is 4.58. The van der Waals surface area contributed by atoms with E-state index in [1.54, 1.807) is 4.90 Å². The smallest absolute Gasteiger partial charge is 0.127 e. The maximum absolute atomic E-state index is 3.93. The number of hydrogen-bond donors (Lipinski definition) is 2. The molecule has 0 radical (unpaired) electrons. The van der Waals surface area contributed by atoms with Crippen LogP contribution in [-0.2, 0) is 0 Å². The molecule has 1 aromatic carbocycles. The SMILES string of the molecule is [NH3+]CC[NH+]1CC[C@@H](c2ccccc2)C1. The molecule has 0 bridgehead atoms. The van der Waals surface area contributed by atoms with Crippen LogP contribution in [0.5, 0.6) is 0 Å². The van der Waals surface area contributed by atoms with Crippen molar-refractivity contribution in [1.29, 1.82) is 0 Å². The van der Waals surface area contributed by atoms with Crippen LogP contribution in [0.3, 0.4) is 0 Å². The van der Waals surface area contributed by atoms with Gasteiger partial charge in [0.2, 0.25) is 0 Å². The molecule has 0 amide bonds. The highest BCUT2D eigenvalue weighted by Crippen LogP contribution is 2.19. The third-order valence-electron chi connectivity index (χ3n) is 3.18. The molecule has 76 valence electrons. The molecule has 4 N–H and O–H groups in total. The van der Waals surface area contributed by atoms with Crippen LogP contribution in [0.2, 0.25) is 0 Å². The Hall–Kier alpha value is -0.860. The molecule has 1 saturated heterocycles. The van der Waals surface area contributed by atoms with Crippen molar-refractivity contribution in [2.75, 3.05) is 26.2 Å². The highest BCUT2D eigenvalue weighted by Gasteiger charge is 2.26. The number of hydrogen-bond acceptors (Lipinski definition) is 0. The number of nitrogens with one attached hydrogen (secondary N) is 1. The monoisotopic (exact) mass is 192 g/mol. The first kappa shape index (κ1) is 9.69. The number of rotatable bonds is 3. The average molecular weight is 192 g/mol. The molecule has 1 aliphatic heterocycles. The lowest BCUT2D eigenvalue weighted by atomic mass is 9.99. The maximum Gasteiger partial charge on any atom is 0.127 e. The molecular formula is C12H20N2+2. The maximum atomic E-state index is 3.93. The van der Waals surface area contributed by atoms with Gasteiger partial charge < -0.3 is 10.6 Å². The fraction of sp³-hybridized carbons (Fsp3) is 0.500.